The van der Waals surface area contributed by atoms with Crippen molar-refractivity contribution in [3.63, 3.8) is 0 Å². The molecule has 0 aromatic carbocycles. The predicted octanol–water partition coefficient (Wildman–Crippen LogP) is 2.66. The van der Waals surface area contributed by atoms with Gasteiger partial charge in [0.25, 0.3) is 0 Å². The predicted molar refractivity (Wildman–Crippen MR) is 74.2 cm³/mol. The van der Waals surface area contributed by atoms with Crippen molar-refractivity contribution in [1.29, 1.82) is 0 Å². The summed E-state index contributed by atoms with van der Waals surface area (Å²) in [6.07, 6.45) is 7.79. The second-order valence-corrected chi connectivity index (χ2v) is 6.09. The Morgan fingerprint density at radius 1 is 1.10 bits per heavy atom. The van der Waals surface area contributed by atoms with Gasteiger partial charge < -0.3 is 9.32 Å². The Kier molecular flexibility index (Phi) is 4.03. The molecule has 110 valence electrons. The largest absolute Gasteiger partial charge is 0.425 e. The lowest BCUT2D eigenvalue weighted by Gasteiger charge is -2.34. The van der Waals surface area contributed by atoms with Crippen LogP contribution in [0, 0.1) is 12.8 Å². The van der Waals surface area contributed by atoms with Crippen LogP contribution in [0.25, 0.3) is 0 Å². The highest BCUT2D eigenvalue weighted by Crippen LogP contribution is 2.30. The molecule has 1 saturated heterocycles. The summed E-state index contributed by atoms with van der Waals surface area (Å²) in [5, 5.41) is 8.00. The van der Waals surface area contributed by atoms with Gasteiger partial charge in [0.1, 0.15) is 0 Å². The molecule has 5 nitrogen and oxygen atoms in total. The second kappa shape index (κ2) is 5.94. The standard InChI is InChI=1S/C15H23N3O2/c1-11-16-17-14(20-11)12-7-9-18(10-8-12)15(19)13-5-3-2-4-6-13/h12-13H,2-10H2,1H3. The van der Waals surface area contributed by atoms with Gasteiger partial charge in [-0.25, -0.2) is 0 Å². The van der Waals surface area contributed by atoms with E-state index >= 15 is 0 Å². The van der Waals surface area contributed by atoms with Crippen molar-refractivity contribution in [2.75, 3.05) is 13.1 Å². The zero-order valence-electron chi connectivity index (χ0n) is 12.2. The number of aromatic nitrogens is 2. The fourth-order valence-electron chi connectivity index (χ4n) is 3.43. The summed E-state index contributed by atoms with van der Waals surface area (Å²) in [4.78, 5) is 14.5. The number of hydrogen-bond donors (Lipinski definition) is 0. The molecule has 1 aromatic heterocycles. The minimum atomic E-state index is 0.283. The number of likely N-dealkylation sites (tertiary alicyclic amines) is 1. The van der Waals surface area contributed by atoms with Crippen molar-refractivity contribution in [3.8, 4) is 0 Å². The van der Waals surface area contributed by atoms with Gasteiger partial charge in [-0.15, -0.1) is 10.2 Å². The molecule has 0 bridgehead atoms. The molecular weight excluding hydrogens is 254 g/mol. The summed E-state index contributed by atoms with van der Waals surface area (Å²) in [5.74, 6) is 2.36. The number of piperidine rings is 1. The van der Waals surface area contributed by atoms with Gasteiger partial charge in [-0.05, 0) is 25.7 Å². The van der Waals surface area contributed by atoms with Crippen molar-refractivity contribution in [3.05, 3.63) is 11.8 Å². The number of nitrogens with zero attached hydrogens (tertiary/aromatic N) is 3. The van der Waals surface area contributed by atoms with Crippen molar-refractivity contribution in [1.82, 2.24) is 15.1 Å². The molecule has 1 aliphatic heterocycles. The second-order valence-electron chi connectivity index (χ2n) is 6.09. The molecular formula is C15H23N3O2. The normalized spacial score (nSPS) is 22.1. The maximum absolute atomic E-state index is 12.5. The molecule has 1 saturated carbocycles. The van der Waals surface area contributed by atoms with Crippen molar-refractivity contribution >= 4 is 5.91 Å². The molecule has 2 fully saturated rings. The Balaban J connectivity index is 1.54. The molecule has 0 N–H and O–H groups in total. The van der Waals surface area contributed by atoms with Crippen LogP contribution in [0.4, 0.5) is 0 Å². The van der Waals surface area contributed by atoms with Crippen LogP contribution in [0.3, 0.4) is 0 Å². The van der Waals surface area contributed by atoms with Gasteiger partial charge in [0.2, 0.25) is 17.7 Å². The first-order valence-corrected chi connectivity index (χ1v) is 7.83. The van der Waals surface area contributed by atoms with Crippen molar-refractivity contribution in [2.24, 2.45) is 5.92 Å². The molecule has 0 radical (unpaired) electrons. The van der Waals surface area contributed by atoms with E-state index in [-0.39, 0.29) is 5.92 Å². The fraction of sp³-hybridized carbons (Fsp3) is 0.800. The van der Waals surface area contributed by atoms with E-state index in [9.17, 15) is 4.79 Å². The minimum Gasteiger partial charge on any atom is -0.425 e. The van der Waals surface area contributed by atoms with E-state index in [1.54, 1.807) is 0 Å². The lowest BCUT2D eigenvalue weighted by atomic mass is 9.87. The van der Waals surface area contributed by atoms with Crippen LogP contribution in [0.5, 0.6) is 0 Å². The van der Waals surface area contributed by atoms with E-state index in [4.69, 9.17) is 4.42 Å². The van der Waals surface area contributed by atoms with E-state index in [2.05, 4.69) is 15.1 Å². The monoisotopic (exact) mass is 277 g/mol. The van der Waals surface area contributed by atoms with Crippen LogP contribution >= 0.6 is 0 Å². The topological polar surface area (TPSA) is 59.2 Å². The zero-order valence-corrected chi connectivity index (χ0v) is 12.2. The molecule has 0 unspecified atom stereocenters. The van der Waals surface area contributed by atoms with Gasteiger partial charge >= 0.3 is 0 Å². The minimum absolute atomic E-state index is 0.283. The van der Waals surface area contributed by atoms with E-state index in [0.29, 0.717) is 17.7 Å². The lowest BCUT2D eigenvalue weighted by Crippen LogP contribution is -2.41. The SMILES string of the molecule is Cc1nnc(C2CCN(C(=O)C3CCCCC3)CC2)o1. The maximum atomic E-state index is 12.5. The fourth-order valence-corrected chi connectivity index (χ4v) is 3.43. The third kappa shape index (κ3) is 2.86. The molecule has 1 aliphatic carbocycles. The number of hydrogen-bond acceptors (Lipinski definition) is 4. The molecule has 20 heavy (non-hydrogen) atoms. The van der Waals surface area contributed by atoms with Crippen molar-refractivity contribution < 1.29 is 9.21 Å². The third-order valence-electron chi connectivity index (χ3n) is 4.65. The maximum Gasteiger partial charge on any atom is 0.225 e. The number of carbonyl (C=O) groups is 1. The number of rotatable bonds is 2. The van der Waals surface area contributed by atoms with Crippen LogP contribution < -0.4 is 0 Å². The third-order valence-corrected chi connectivity index (χ3v) is 4.65. The van der Waals surface area contributed by atoms with Crippen LogP contribution in [-0.4, -0.2) is 34.1 Å². The van der Waals surface area contributed by atoms with Gasteiger partial charge in [0, 0.05) is 31.8 Å². The summed E-state index contributed by atoms with van der Waals surface area (Å²) in [6, 6.07) is 0. The molecule has 0 spiro atoms. The highest BCUT2D eigenvalue weighted by atomic mass is 16.4. The van der Waals surface area contributed by atoms with E-state index in [1.807, 2.05) is 6.92 Å². The first-order valence-electron chi connectivity index (χ1n) is 7.83. The summed E-state index contributed by atoms with van der Waals surface area (Å²) in [7, 11) is 0. The van der Waals surface area contributed by atoms with Crippen LogP contribution in [0.2, 0.25) is 0 Å². The van der Waals surface area contributed by atoms with E-state index in [1.165, 1.54) is 19.3 Å². The van der Waals surface area contributed by atoms with Gasteiger partial charge in [0.15, 0.2) is 0 Å². The molecule has 1 aromatic rings. The highest BCUT2D eigenvalue weighted by molar-refractivity contribution is 5.79. The Hall–Kier alpha value is -1.39. The number of aryl methyl sites for hydroxylation is 1. The average Bonchev–Trinajstić information content (AvgIpc) is 2.94. The summed E-state index contributed by atoms with van der Waals surface area (Å²) in [6.45, 7) is 3.49. The van der Waals surface area contributed by atoms with Crippen LogP contribution in [0.15, 0.2) is 4.42 Å². The highest BCUT2D eigenvalue weighted by Gasteiger charge is 2.31. The van der Waals surface area contributed by atoms with Crippen LogP contribution in [-0.2, 0) is 4.79 Å². The Bertz CT molecular complexity index is 457. The zero-order chi connectivity index (χ0) is 13.9. The number of amides is 1. The molecule has 1 amide bonds. The summed E-state index contributed by atoms with van der Waals surface area (Å²) in [5.41, 5.74) is 0. The smallest absolute Gasteiger partial charge is 0.225 e. The lowest BCUT2D eigenvalue weighted by molar-refractivity contribution is -0.137. The Labute approximate surface area is 119 Å². The first-order chi connectivity index (χ1) is 9.74. The molecule has 2 heterocycles. The first kappa shape index (κ1) is 13.6. The summed E-state index contributed by atoms with van der Waals surface area (Å²) >= 11 is 0. The summed E-state index contributed by atoms with van der Waals surface area (Å²) < 4.78 is 5.51. The van der Waals surface area contributed by atoms with E-state index in [0.717, 1.165) is 44.7 Å². The Morgan fingerprint density at radius 2 is 1.80 bits per heavy atom. The van der Waals surface area contributed by atoms with Gasteiger partial charge in [-0.3, -0.25) is 4.79 Å². The van der Waals surface area contributed by atoms with E-state index < -0.39 is 0 Å². The molecule has 3 rings (SSSR count). The molecule has 2 aliphatic rings. The van der Waals surface area contributed by atoms with Gasteiger partial charge in [-0.1, -0.05) is 19.3 Å². The average molecular weight is 277 g/mol. The van der Waals surface area contributed by atoms with Crippen molar-refractivity contribution in [2.45, 2.75) is 57.8 Å². The van der Waals surface area contributed by atoms with Gasteiger partial charge in [-0.2, -0.15) is 0 Å². The number of carbonyl (C=O) groups excluding carboxylic acids is 1. The van der Waals surface area contributed by atoms with Gasteiger partial charge in [0.05, 0.1) is 0 Å². The molecule has 5 heteroatoms. The van der Waals surface area contributed by atoms with Crippen LogP contribution in [0.1, 0.15) is 62.6 Å². The Morgan fingerprint density at radius 3 is 2.40 bits per heavy atom. The quantitative estimate of drug-likeness (QED) is 0.834. The molecule has 0 atom stereocenters.